The molecule has 0 saturated heterocycles. The second-order valence-corrected chi connectivity index (χ2v) is 3.81. The first-order chi connectivity index (χ1) is 8.31. The highest BCUT2D eigenvalue weighted by molar-refractivity contribution is 6.17. The highest BCUT2D eigenvalue weighted by Crippen LogP contribution is 2.17. The maximum atomic E-state index is 5.73. The van der Waals surface area contributed by atoms with Gasteiger partial charge in [-0.15, -0.1) is 11.6 Å². The van der Waals surface area contributed by atoms with Gasteiger partial charge in [-0.25, -0.2) is 4.98 Å². The topological polar surface area (TPSA) is 34.1 Å². The summed E-state index contributed by atoms with van der Waals surface area (Å²) in [7, 11) is 1.62. The second kappa shape index (κ2) is 5.55. The predicted molar refractivity (Wildman–Crippen MR) is 70.1 cm³/mol. The van der Waals surface area contributed by atoms with Crippen LogP contribution in [0.25, 0.3) is 0 Å². The van der Waals surface area contributed by atoms with Gasteiger partial charge in [0, 0.05) is 11.6 Å². The van der Waals surface area contributed by atoms with E-state index in [2.05, 4.69) is 10.3 Å². The smallest absolute Gasteiger partial charge is 0.137 e. The van der Waals surface area contributed by atoms with Gasteiger partial charge in [0.1, 0.15) is 11.6 Å². The summed E-state index contributed by atoms with van der Waals surface area (Å²) >= 11 is 5.73. The molecule has 0 fully saturated rings. The average Bonchev–Trinajstić information content (AvgIpc) is 2.40. The van der Waals surface area contributed by atoms with Gasteiger partial charge in [0.25, 0.3) is 0 Å². The Morgan fingerprint density at radius 2 is 1.94 bits per heavy atom. The Balaban J connectivity index is 2.08. The van der Waals surface area contributed by atoms with Crippen molar-refractivity contribution in [1.29, 1.82) is 0 Å². The number of hydrogen-bond donors (Lipinski definition) is 1. The normalized spacial score (nSPS) is 10.0. The first-order valence-electron chi connectivity index (χ1n) is 5.24. The number of halogens is 1. The molecule has 1 aromatic carbocycles. The van der Waals surface area contributed by atoms with E-state index < -0.39 is 0 Å². The van der Waals surface area contributed by atoms with Crippen molar-refractivity contribution in [3.8, 4) is 5.75 Å². The molecule has 0 bridgehead atoms. The summed E-state index contributed by atoms with van der Waals surface area (Å²) in [5.41, 5.74) is 2.08. The molecular formula is C13H13ClN2O. The minimum atomic E-state index is 0.529. The summed E-state index contributed by atoms with van der Waals surface area (Å²) in [5.74, 6) is 2.05. The van der Waals surface area contributed by atoms with Crippen LogP contribution in [0.3, 0.4) is 0 Å². The van der Waals surface area contributed by atoms with Crippen molar-refractivity contribution in [2.24, 2.45) is 0 Å². The lowest BCUT2D eigenvalue weighted by Gasteiger charge is -2.06. The summed E-state index contributed by atoms with van der Waals surface area (Å²) < 4.78 is 5.04. The van der Waals surface area contributed by atoms with E-state index in [4.69, 9.17) is 16.3 Å². The van der Waals surface area contributed by atoms with Gasteiger partial charge in [0.05, 0.1) is 13.3 Å². The van der Waals surface area contributed by atoms with Crippen LogP contribution in [0, 0.1) is 0 Å². The molecule has 0 aliphatic heterocycles. The third-order valence-electron chi connectivity index (χ3n) is 2.35. The van der Waals surface area contributed by atoms with Crippen LogP contribution in [-0.2, 0) is 5.88 Å². The van der Waals surface area contributed by atoms with Crippen molar-refractivity contribution < 1.29 is 4.74 Å². The van der Waals surface area contributed by atoms with Gasteiger partial charge >= 0.3 is 0 Å². The minimum absolute atomic E-state index is 0.529. The maximum Gasteiger partial charge on any atom is 0.137 e. The molecule has 0 amide bonds. The van der Waals surface area contributed by atoms with Crippen LogP contribution in [0.15, 0.2) is 42.6 Å². The molecule has 1 heterocycles. The Labute approximate surface area is 105 Å². The predicted octanol–water partition coefficient (Wildman–Crippen LogP) is 3.57. The molecule has 88 valence electrons. The lowest BCUT2D eigenvalue weighted by atomic mass is 10.2. The van der Waals surface area contributed by atoms with Crippen LogP contribution < -0.4 is 10.1 Å². The standard InChI is InChI=1S/C13H13ClN2O/c1-17-12-6-7-13(15-9-12)16-11-4-2-10(8-14)3-5-11/h2-7,9H,8H2,1H3,(H,15,16). The van der Waals surface area contributed by atoms with Crippen molar-refractivity contribution in [2.75, 3.05) is 12.4 Å². The Bertz CT molecular complexity index is 422. The van der Waals surface area contributed by atoms with Crippen molar-refractivity contribution in [2.45, 2.75) is 5.88 Å². The zero-order valence-electron chi connectivity index (χ0n) is 9.48. The molecule has 2 rings (SSSR count). The summed E-state index contributed by atoms with van der Waals surface area (Å²) in [6.45, 7) is 0. The van der Waals surface area contributed by atoms with E-state index >= 15 is 0 Å². The number of nitrogens with one attached hydrogen (secondary N) is 1. The third-order valence-corrected chi connectivity index (χ3v) is 2.66. The number of ether oxygens (including phenoxy) is 1. The van der Waals surface area contributed by atoms with Crippen LogP contribution in [0.4, 0.5) is 11.5 Å². The van der Waals surface area contributed by atoms with Gasteiger partial charge in [-0.2, -0.15) is 0 Å². The Morgan fingerprint density at radius 3 is 2.47 bits per heavy atom. The number of benzene rings is 1. The van der Waals surface area contributed by atoms with Crippen LogP contribution in [0.2, 0.25) is 0 Å². The minimum Gasteiger partial charge on any atom is -0.495 e. The van der Waals surface area contributed by atoms with Gasteiger partial charge in [-0.1, -0.05) is 12.1 Å². The van der Waals surface area contributed by atoms with Gasteiger partial charge in [-0.05, 0) is 29.8 Å². The second-order valence-electron chi connectivity index (χ2n) is 3.54. The number of pyridine rings is 1. The zero-order valence-corrected chi connectivity index (χ0v) is 10.2. The Morgan fingerprint density at radius 1 is 1.18 bits per heavy atom. The molecule has 1 N–H and O–H groups in total. The Hall–Kier alpha value is -1.74. The van der Waals surface area contributed by atoms with Crippen LogP contribution >= 0.6 is 11.6 Å². The van der Waals surface area contributed by atoms with Gasteiger partial charge in [0.2, 0.25) is 0 Å². The molecule has 0 aliphatic rings. The molecular weight excluding hydrogens is 236 g/mol. The van der Waals surface area contributed by atoms with E-state index in [1.165, 1.54) is 0 Å². The van der Waals surface area contributed by atoms with Crippen molar-refractivity contribution in [3.05, 3.63) is 48.2 Å². The van der Waals surface area contributed by atoms with Gasteiger partial charge in [-0.3, -0.25) is 0 Å². The molecule has 0 radical (unpaired) electrons. The monoisotopic (exact) mass is 248 g/mol. The quantitative estimate of drug-likeness (QED) is 0.840. The zero-order chi connectivity index (χ0) is 12.1. The molecule has 0 atom stereocenters. The summed E-state index contributed by atoms with van der Waals surface area (Å²) in [6, 6.07) is 11.7. The largest absolute Gasteiger partial charge is 0.495 e. The molecule has 0 aliphatic carbocycles. The molecule has 0 unspecified atom stereocenters. The van der Waals surface area contributed by atoms with Gasteiger partial charge < -0.3 is 10.1 Å². The number of rotatable bonds is 4. The first-order valence-corrected chi connectivity index (χ1v) is 5.77. The van der Waals surface area contributed by atoms with Crippen LogP contribution in [0.5, 0.6) is 5.75 Å². The third kappa shape index (κ3) is 3.11. The highest BCUT2D eigenvalue weighted by atomic mass is 35.5. The number of nitrogens with zero attached hydrogens (tertiary/aromatic N) is 1. The number of anilines is 2. The highest BCUT2D eigenvalue weighted by Gasteiger charge is 1.97. The van der Waals surface area contributed by atoms with Crippen molar-refractivity contribution >= 4 is 23.1 Å². The van der Waals surface area contributed by atoms with E-state index in [0.29, 0.717) is 5.88 Å². The number of aromatic nitrogens is 1. The fourth-order valence-electron chi connectivity index (χ4n) is 1.40. The van der Waals surface area contributed by atoms with E-state index in [9.17, 15) is 0 Å². The van der Waals surface area contributed by atoms with E-state index in [1.54, 1.807) is 13.3 Å². The molecule has 0 saturated carbocycles. The molecule has 2 aromatic rings. The fourth-order valence-corrected chi connectivity index (χ4v) is 1.58. The Kier molecular flexibility index (Phi) is 3.83. The first kappa shape index (κ1) is 11.7. The molecule has 4 heteroatoms. The fraction of sp³-hybridized carbons (Fsp3) is 0.154. The molecule has 0 spiro atoms. The maximum absolute atomic E-state index is 5.73. The lowest BCUT2D eigenvalue weighted by molar-refractivity contribution is 0.413. The number of hydrogen-bond acceptors (Lipinski definition) is 3. The summed E-state index contributed by atoms with van der Waals surface area (Å²) in [4.78, 5) is 4.23. The SMILES string of the molecule is COc1ccc(Nc2ccc(CCl)cc2)nc1. The molecule has 17 heavy (non-hydrogen) atoms. The molecule has 1 aromatic heterocycles. The number of alkyl halides is 1. The van der Waals surface area contributed by atoms with Crippen LogP contribution in [0.1, 0.15) is 5.56 Å². The summed E-state index contributed by atoms with van der Waals surface area (Å²) in [5, 5.41) is 3.20. The van der Waals surface area contributed by atoms with E-state index in [0.717, 1.165) is 22.8 Å². The van der Waals surface area contributed by atoms with Crippen LogP contribution in [-0.4, -0.2) is 12.1 Å². The number of methoxy groups -OCH3 is 1. The van der Waals surface area contributed by atoms with E-state index in [-0.39, 0.29) is 0 Å². The average molecular weight is 249 g/mol. The molecule has 3 nitrogen and oxygen atoms in total. The summed E-state index contributed by atoms with van der Waals surface area (Å²) in [6.07, 6.45) is 1.68. The van der Waals surface area contributed by atoms with Crippen molar-refractivity contribution in [1.82, 2.24) is 4.98 Å². The van der Waals surface area contributed by atoms with E-state index in [1.807, 2.05) is 36.4 Å². The van der Waals surface area contributed by atoms with Crippen molar-refractivity contribution in [3.63, 3.8) is 0 Å². The van der Waals surface area contributed by atoms with Gasteiger partial charge in [0.15, 0.2) is 0 Å². The lowest BCUT2D eigenvalue weighted by Crippen LogP contribution is -1.93.